The lowest BCUT2D eigenvalue weighted by molar-refractivity contribution is 0.792. The van der Waals surface area contributed by atoms with E-state index < -0.39 is 0 Å². The van der Waals surface area contributed by atoms with E-state index in [1.165, 1.54) is 11.6 Å². The quantitative estimate of drug-likeness (QED) is 0.847. The molecule has 0 spiro atoms. The van der Waals surface area contributed by atoms with Crippen LogP contribution in [0.2, 0.25) is 0 Å². The van der Waals surface area contributed by atoms with Gasteiger partial charge in [0.25, 0.3) is 0 Å². The number of hydrogen-bond donors (Lipinski definition) is 1. The maximum atomic E-state index is 11.7. The average Bonchev–Trinajstić information content (AvgIpc) is 2.32. The zero-order valence-electron chi connectivity index (χ0n) is 11.1. The minimum Gasteiger partial charge on any atom is -0.388 e. The van der Waals surface area contributed by atoms with Crippen molar-refractivity contribution in [3.8, 4) is 5.69 Å². The molecule has 5 heteroatoms. The number of rotatable bonds is 2. The van der Waals surface area contributed by atoms with Gasteiger partial charge in [-0.05, 0) is 44.0 Å². The molecule has 4 nitrogen and oxygen atoms in total. The summed E-state index contributed by atoms with van der Waals surface area (Å²) in [6, 6.07) is 7.49. The molecule has 98 valence electrons. The van der Waals surface area contributed by atoms with Crippen LogP contribution in [0.4, 0.5) is 0 Å². The van der Waals surface area contributed by atoms with Crippen molar-refractivity contribution in [2.75, 3.05) is 0 Å². The van der Waals surface area contributed by atoms with Crippen molar-refractivity contribution >= 4 is 17.2 Å². The molecule has 2 aromatic rings. The van der Waals surface area contributed by atoms with Crippen LogP contribution < -0.4 is 11.2 Å². The Morgan fingerprint density at radius 1 is 1.21 bits per heavy atom. The third-order valence-electron chi connectivity index (χ3n) is 3.08. The molecule has 0 radical (unpaired) electrons. The third-order valence-corrected chi connectivity index (χ3v) is 3.27. The van der Waals surface area contributed by atoms with Crippen LogP contribution in [0.25, 0.3) is 5.69 Å². The summed E-state index contributed by atoms with van der Waals surface area (Å²) in [6.45, 7) is 5.91. The fourth-order valence-electron chi connectivity index (χ4n) is 1.84. The first-order valence-corrected chi connectivity index (χ1v) is 6.29. The van der Waals surface area contributed by atoms with Crippen LogP contribution in [0, 0.1) is 20.8 Å². The van der Waals surface area contributed by atoms with Gasteiger partial charge in [-0.3, -0.25) is 4.79 Å². The third kappa shape index (κ3) is 2.56. The van der Waals surface area contributed by atoms with E-state index in [1.54, 1.807) is 4.68 Å². The first-order valence-electron chi connectivity index (χ1n) is 5.88. The molecule has 0 fully saturated rings. The largest absolute Gasteiger partial charge is 0.388 e. The van der Waals surface area contributed by atoms with Crippen molar-refractivity contribution in [3.63, 3.8) is 0 Å². The van der Waals surface area contributed by atoms with E-state index in [0.29, 0.717) is 0 Å². The van der Waals surface area contributed by atoms with E-state index in [0.717, 1.165) is 16.9 Å². The first-order chi connectivity index (χ1) is 8.90. The highest BCUT2D eigenvalue weighted by molar-refractivity contribution is 7.80. The van der Waals surface area contributed by atoms with Crippen molar-refractivity contribution in [1.82, 2.24) is 9.78 Å². The van der Waals surface area contributed by atoms with Gasteiger partial charge in [0, 0.05) is 11.8 Å². The summed E-state index contributed by atoms with van der Waals surface area (Å²) in [7, 11) is 0. The minimum atomic E-state index is -0.245. The van der Waals surface area contributed by atoms with Crippen molar-refractivity contribution in [3.05, 3.63) is 57.0 Å². The van der Waals surface area contributed by atoms with Crippen LogP contribution in [0.15, 0.2) is 29.1 Å². The Bertz CT molecular complexity index is 719. The Kier molecular flexibility index (Phi) is 3.48. The van der Waals surface area contributed by atoms with E-state index in [4.69, 9.17) is 18.0 Å². The first kappa shape index (κ1) is 13.4. The van der Waals surface area contributed by atoms with Crippen LogP contribution in [0.1, 0.15) is 22.5 Å². The molecule has 1 aromatic heterocycles. The summed E-state index contributed by atoms with van der Waals surface area (Å²) in [5.41, 5.74) is 9.40. The molecule has 0 aliphatic heterocycles. The second-order valence-electron chi connectivity index (χ2n) is 4.54. The van der Waals surface area contributed by atoms with Crippen LogP contribution in [0.5, 0.6) is 0 Å². The number of nitrogens with two attached hydrogens (primary N) is 1. The lowest BCUT2D eigenvalue weighted by Gasteiger charge is -2.12. The second kappa shape index (κ2) is 4.93. The van der Waals surface area contributed by atoms with Crippen molar-refractivity contribution < 1.29 is 0 Å². The van der Waals surface area contributed by atoms with Gasteiger partial charge in [0.1, 0.15) is 4.99 Å². The molecule has 0 bridgehead atoms. The highest BCUT2D eigenvalue weighted by Gasteiger charge is 2.10. The van der Waals surface area contributed by atoms with Gasteiger partial charge < -0.3 is 5.73 Å². The van der Waals surface area contributed by atoms with Crippen LogP contribution in [-0.4, -0.2) is 14.8 Å². The normalized spacial score (nSPS) is 10.5. The molecule has 19 heavy (non-hydrogen) atoms. The Morgan fingerprint density at radius 2 is 1.89 bits per heavy atom. The van der Waals surface area contributed by atoms with Crippen molar-refractivity contribution in [1.29, 1.82) is 0 Å². The fourth-order valence-corrected chi connectivity index (χ4v) is 1.98. The molecule has 2 N–H and O–H groups in total. The number of hydrogen-bond acceptors (Lipinski definition) is 3. The molecule has 1 aromatic carbocycles. The van der Waals surface area contributed by atoms with Crippen molar-refractivity contribution in [2.24, 2.45) is 5.73 Å². The lowest BCUT2D eigenvalue weighted by Crippen LogP contribution is -2.26. The Labute approximate surface area is 116 Å². The maximum Gasteiger partial charge on any atom is 0.210 e. The van der Waals surface area contributed by atoms with Gasteiger partial charge in [0.2, 0.25) is 5.43 Å². The highest BCUT2D eigenvalue weighted by atomic mass is 32.1. The number of nitrogens with zero attached hydrogens (tertiary/aromatic N) is 2. The molecule has 0 saturated carbocycles. The minimum absolute atomic E-state index is 0.0163. The summed E-state index contributed by atoms with van der Waals surface area (Å²) in [5.74, 6) is 0. The molecule has 0 unspecified atom stereocenters. The molecule has 2 rings (SSSR count). The summed E-state index contributed by atoms with van der Waals surface area (Å²) in [6.07, 6.45) is 0. The number of thiocarbonyl (C=S) groups is 1. The summed E-state index contributed by atoms with van der Waals surface area (Å²) in [4.78, 5) is 11.8. The SMILES string of the molecule is Cc1ccc(-n2nc(C(N)=S)c(=O)cc2C)cc1C. The van der Waals surface area contributed by atoms with E-state index in [9.17, 15) is 4.79 Å². The summed E-state index contributed by atoms with van der Waals surface area (Å²) in [5, 5.41) is 4.25. The number of benzene rings is 1. The summed E-state index contributed by atoms with van der Waals surface area (Å²) < 4.78 is 1.68. The lowest BCUT2D eigenvalue weighted by atomic mass is 10.1. The Hall–Kier alpha value is -2.01. The highest BCUT2D eigenvalue weighted by Crippen LogP contribution is 2.14. The van der Waals surface area contributed by atoms with Gasteiger partial charge in [0.15, 0.2) is 5.69 Å². The van der Waals surface area contributed by atoms with E-state index in [-0.39, 0.29) is 16.1 Å². The molecule has 0 atom stereocenters. The monoisotopic (exact) mass is 273 g/mol. The summed E-state index contributed by atoms with van der Waals surface area (Å²) >= 11 is 4.85. The van der Waals surface area contributed by atoms with Gasteiger partial charge in [0.05, 0.1) is 5.69 Å². The predicted octanol–water partition coefficient (Wildman–Crippen LogP) is 1.79. The Balaban J connectivity index is 2.68. The topological polar surface area (TPSA) is 60.9 Å². The molecule has 0 aliphatic carbocycles. The van der Waals surface area contributed by atoms with Crippen LogP contribution >= 0.6 is 12.2 Å². The fraction of sp³-hybridized carbons (Fsp3) is 0.214. The van der Waals surface area contributed by atoms with E-state index in [1.807, 2.05) is 39.0 Å². The molecular weight excluding hydrogens is 258 g/mol. The zero-order valence-corrected chi connectivity index (χ0v) is 11.9. The number of aryl methyl sites for hydroxylation is 3. The average molecular weight is 273 g/mol. The van der Waals surface area contributed by atoms with Gasteiger partial charge in [-0.15, -0.1) is 0 Å². The Morgan fingerprint density at radius 3 is 2.47 bits per heavy atom. The standard InChI is InChI=1S/C14H15N3OS/c1-8-4-5-11(6-9(8)2)17-10(3)7-12(18)13(16-17)14(15)19/h4-7H,1-3H3,(H2,15,19). The predicted molar refractivity (Wildman–Crippen MR) is 79.9 cm³/mol. The molecule has 1 heterocycles. The van der Waals surface area contributed by atoms with Gasteiger partial charge in [-0.1, -0.05) is 18.3 Å². The van der Waals surface area contributed by atoms with Crippen molar-refractivity contribution in [2.45, 2.75) is 20.8 Å². The number of aromatic nitrogens is 2. The molecule has 0 aliphatic rings. The van der Waals surface area contributed by atoms with Gasteiger partial charge >= 0.3 is 0 Å². The molecule has 0 amide bonds. The smallest absolute Gasteiger partial charge is 0.210 e. The van der Waals surface area contributed by atoms with Gasteiger partial charge in [-0.2, -0.15) is 5.10 Å². The molecule has 0 saturated heterocycles. The maximum absolute atomic E-state index is 11.7. The van der Waals surface area contributed by atoms with E-state index >= 15 is 0 Å². The second-order valence-corrected chi connectivity index (χ2v) is 4.98. The van der Waals surface area contributed by atoms with Crippen LogP contribution in [0.3, 0.4) is 0 Å². The molecular formula is C14H15N3OS. The zero-order chi connectivity index (χ0) is 14.2. The van der Waals surface area contributed by atoms with E-state index in [2.05, 4.69) is 5.10 Å². The van der Waals surface area contributed by atoms with Gasteiger partial charge in [-0.25, -0.2) is 4.68 Å². The van der Waals surface area contributed by atoms with Crippen LogP contribution in [-0.2, 0) is 0 Å².